The number of benzene rings is 2. The zero-order valence-corrected chi connectivity index (χ0v) is 10.2. The van der Waals surface area contributed by atoms with Gasteiger partial charge in [0.15, 0.2) is 0 Å². The molecule has 0 fully saturated rings. The number of aliphatic carboxylic acids is 1. The van der Waals surface area contributed by atoms with Gasteiger partial charge in [0.1, 0.15) is 5.82 Å². The van der Waals surface area contributed by atoms with Gasteiger partial charge >= 0.3 is 5.97 Å². The van der Waals surface area contributed by atoms with Gasteiger partial charge in [0.25, 0.3) is 0 Å². The summed E-state index contributed by atoms with van der Waals surface area (Å²) in [7, 11) is 0. The van der Waals surface area contributed by atoms with Crippen LogP contribution < -0.4 is 5.73 Å². The van der Waals surface area contributed by atoms with Gasteiger partial charge < -0.3 is 10.8 Å². The molecule has 3 nitrogen and oxygen atoms in total. The number of nitrogens with two attached hydrogens (primary N) is 1. The summed E-state index contributed by atoms with van der Waals surface area (Å²) >= 11 is 0. The van der Waals surface area contributed by atoms with Crippen molar-refractivity contribution >= 4 is 5.97 Å². The molecule has 98 valence electrons. The summed E-state index contributed by atoms with van der Waals surface area (Å²) in [5.41, 5.74) is 8.33. The molecule has 2 aromatic rings. The fraction of sp³-hybridized carbons (Fsp3) is 0.133. The lowest BCUT2D eigenvalue weighted by molar-refractivity contribution is -0.137. The second kappa shape index (κ2) is 5.63. The quantitative estimate of drug-likeness (QED) is 0.887. The van der Waals surface area contributed by atoms with E-state index in [0.717, 1.165) is 16.7 Å². The zero-order chi connectivity index (χ0) is 13.8. The summed E-state index contributed by atoms with van der Waals surface area (Å²) in [4.78, 5) is 10.7. The predicted molar refractivity (Wildman–Crippen MR) is 71.0 cm³/mol. The highest BCUT2D eigenvalue weighted by atomic mass is 19.1. The van der Waals surface area contributed by atoms with Gasteiger partial charge in [-0.25, -0.2) is 4.39 Å². The van der Waals surface area contributed by atoms with E-state index in [4.69, 9.17) is 10.8 Å². The number of rotatable bonds is 4. The minimum Gasteiger partial charge on any atom is -0.481 e. The van der Waals surface area contributed by atoms with Crippen molar-refractivity contribution in [2.75, 3.05) is 0 Å². The van der Waals surface area contributed by atoms with Gasteiger partial charge in [0.05, 0.1) is 6.42 Å². The van der Waals surface area contributed by atoms with Crippen LogP contribution in [0.3, 0.4) is 0 Å². The van der Waals surface area contributed by atoms with E-state index >= 15 is 0 Å². The fourth-order valence-corrected chi connectivity index (χ4v) is 1.90. The highest BCUT2D eigenvalue weighted by molar-refractivity contribution is 5.69. The molecule has 0 aliphatic heterocycles. The average Bonchev–Trinajstić information content (AvgIpc) is 2.39. The van der Waals surface area contributed by atoms with Gasteiger partial charge in [-0.1, -0.05) is 30.3 Å². The van der Waals surface area contributed by atoms with Gasteiger partial charge in [0, 0.05) is 6.04 Å². The first kappa shape index (κ1) is 13.2. The molecule has 2 aromatic carbocycles. The minimum absolute atomic E-state index is 0.118. The average molecular weight is 259 g/mol. The van der Waals surface area contributed by atoms with Crippen molar-refractivity contribution in [1.29, 1.82) is 0 Å². The fourth-order valence-electron chi connectivity index (χ4n) is 1.90. The highest BCUT2D eigenvalue weighted by Crippen LogP contribution is 2.23. The van der Waals surface area contributed by atoms with E-state index in [2.05, 4.69) is 0 Å². The van der Waals surface area contributed by atoms with Crippen LogP contribution in [0.2, 0.25) is 0 Å². The van der Waals surface area contributed by atoms with Crippen LogP contribution in [0.5, 0.6) is 0 Å². The van der Waals surface area contributed by atoms with Gasteiger partial charge in [-0.3, -0.25) is 4.79 Å². The van der Waals surface area contributed by atoms with E-state index in [1.807, 2.05) is 18.2 Å². The zero-order valence-electron chi connectivity index (χ0n) is 10.2. The van der Waals surface area contributed by atoms with E-state index in [1.54, 1.807) is 18.2 Å². The smallest absolute Gasteiger partial charge is 0.305 e. The van der Waals surface area contributed by atoms with Crippen LogP contribution >= 0.6 is 0 Å². The van der Waals surface area contributed by atoms with Crippen molar-refractivity contribution in [2.45, 2.75) is 12.5 Å². The largest absolute Gasteiger partial charge is 0.481 e. The number of halogens is 1. The molecule has 19 heavy (non-hydrogen) atoms. The Morgan fingerprint density at radius 2 is 1.84 bits per heavy atom. The normalized spacial score (nSPS) is 12.1. The first-order valence-electron chi connectivity index (χ1n) is 5.89. The van der Waals surface area contributed by atoms with Crippen molar-refractivity contribution in [3.05, 3.63) is 59.9 Å². The Labute approximate surface area is 110 Å². The van der Waals surface area contributed by atoms with Crippen LogP contribution in [-0.2, 0) is 4.79 Å². The SMILES string of the molecule is NC(CC(=O)O)c1cccc(-c2ccc(F)cc2)c1. The molecule has 0 aromatic heterocycles. The van der Waals surface area contributed by atoms with E-state index in [-0.39, 0.29) is 12.2 Å². The van der Waals surface area contributed by atoms with E-state index < -0.39 is 12.0 Å². The summed E-state index contributed by atoms with van der Waals surface area (Å²) in [5, 5.41) is 8.74. The van der Waals surface area contributed by atoms with Gasteiger partial charge in [-0.15, -0.1) is 0 Å². The van der Waals surface area contributed by atoms with Crippen LogP contribution in [0.4, 0.5) is 4.39 Å². The molecule has 1 atom stereocenters. The monoisotopic (exact) mass is 259 g/mol. The van der Waals surface area contributed by atoms with Crippen LogP contribution in [0, 0.1) is 5.82 Å². The molecule has 4 heteroatoms. The molecule has 0 radical (unpaired) electrons. The Morgan fingerprint density at radius 1 is 1.16 bits per heavy atom. The topological polar surface area (TPSA) is 63.3 Å². The summed E-state index contributed by atoms with van der Waals surface area (Å²) < 4.78 is 12.9. The third-order valence-electron chi connectivity index (χ3n) is 2.89. The number of carboxylic acid groups (broad SMARTS) is 1. The Bertz CT molecular complexity index is 581. The van der Waals surface area contributed by atoms with Crippen LogP contribution in [0.25, 0.3) is 11.1 Å². The Morgan fingerprint density at radius 3 is 2.47 bits per heavy atom. The number of hydrogen-bond acceptors (Lipinski definition) is 2. The molecule has 0 bridgehead atoms. The molecule has 0 amide bonds. The Kier molecular flexibility index (Phi) is 3.92. The molecule has 0 aliphatic rings. The standard InChI is InChI=1S/C15H14FNO2/c16-13-6-4-10(5-7-13)11-2-1-3-12(8-11)14(17)9-15(18)19/h1-8,14H,9,17H2,(H,18,19). The Balaban J connectivity index is 2.28. The number of carbonyl (C=O) groups is 1. The summed E-state index contributed by atoms with van der Waals surface area (Å²) in [6.07, 6.45) is -0.118. The van der Waals surface area contributed by atoms with E-state index in [9.17, 15) is 9.18 Å². The van der Waals surface area contributed by atoms with Crippen molar-refractivity contribution in [2.24, 2.45) is 5.73 Å². The third-order valence-corrected chi connectivity index (χ3v) is 2.89. The molecule has 3 N–H and O–H groups in total. The maximum absolute atomic E-state index is 12.9. The van der Waals surface area contributed by atoms with E-state index in [0.29, 0.717) is 0 Å². The van der Waals surface area contributed by atoms with Crippen molar-refractivity contribution in [1.82, 2.24) is 0 Å². The molecule has 0 saturated heterocycles. The van der Waals surface area contributed by atoms with Crippen LogP contribution in [0.15, 0.2) is 48.5 Å². The molecular formula is C15H14FNO2. The molecule has 0 saturated carbocycles. The number of hydrogen-bond donors (Lipinski definition) is 2. The van der Waals surface area contributed by atoms with Gasteiger partial charge in [0.2, 0.25) is 0 Å². The van der Waals surface area contributed by atoms with Crippen LogP contribution in [-0.4, -0.2) is 11.1 Å². The molecule has 0 heterocycles. The summed E-state index contributed by atoms with van der Waals surface area (Å²) in [6, 6.07) is 12.9. The van der Waals surface area contributed by atoms with E-state index in [1.165, 1.54) is 12.1 Å². The predicted octanol–water partition coefficient (Wildman–Crippen LogP) is 2.97. The minimum atomic E-state index is -0.931. The van der Waals surface area contributed by atoms with Crippen molar-refractivity contribution in [3.8, 4) is 11.1 Å². The summed E-state index contributed by atoms with van der Waals surface area (Å²) in [5.74, 6) is -1.22. The first-order chi connectivity index (χ1) is 9.06. The molecule has 0 spiro atoms. The van der Waals surface area contributed by atoms with Crippen molar-refractivity contribution < 1.29 is 14.3 Å². The third kappa shape index (κ3) is 3.39. The van der Waals surface area contributed by atoms with Crippen LogP contribution in [0.1, 0.15) is 18.0 Å². The lowest BCUT2D eigenvalue weighted by Crippen LogP contribution is -2.14. The van der Waals surface area contributed by atoms with Gasteiger partial charge in [-0.2, -0.15) is 0 Å². The first-order valence-corrected chi connectivity index (χ1v) is 5.89. The highest BCUT2D eigenvalue weighted by Gasteiger charge is 2.11. The molecule has 2 rings (SSSR count). The maximum atomic E-state index is 12.9. The second-order valence-electron chi connectivity index (χ2n) is 4.34. The lowest BCUT2D eigenvalue weighted by atomic mass is 9.98. The number of carboxylic acids is 1. The lowest BCUT2D eigenvalue weighted by Gasteiger charge is -2.11. The van der Waals surface area contributed by atoms with Gasteiger partial charge in [-0.05, 0) is 34.9 Å². The maximum Gasteiger partial charge on any atom is 0.305 e. The Hall–Kier alpha value is -2.20. The summed E-state index contributed by atoms with van der Waals surface area (Å²) in [6.45, 7) is 0. The second-order valence-corrected chi connectivity index (χ2v) is 4.34. The molecular weight excluding hydrogens is 245 g/mol. The van der Waals surface area contributed by atoms with Crippen molar-refractivity contribution in [3.63, 3.8) is 0 Å². The molecule has 1 unspecified atom stereocenters. The molecule has 0 aliphatic carbocycles.